The van der Waals surface area contributed by atoms with Crippen molar-refractivity contribution in [1.29, 1.82) is 0 Å². The van der Waals surface area contributed by atoms with Crippen molar-refractivity contribution in [2.24, 2.45) is 0 Å². The summed E-state index contributed by atoms with van der Waals surface area (Å²) in [4.78, 5) is 4.87. The van der Waals surface area contributed by atoms with Gasteiger partial charge in [0, 0.05) is 31.4 Å². The molecule has 2 aromatic rings. The van der Waals surface area contributed by atoms with Crippen LogP contribution in [0.1, 0.15) is 22.7 Å². The Hall–Kier alpha value is -2.00. The van der Waals surface area contributed by atoms with Gasteiger partial charge in [-0.1, -0.05) is 30.3 Å². The van der Waals surface area contributed by atoms with Crippen LogP contribution in [0.5, 0.6) is 5.75 Å². The Morgan fingerprint density at radius 2 is 1.90 bits per heavy atom. The number of hydrogen-bond acceptors (Lipinski definition) is 3. The van der Waals surface area contributed by atoms with Crippen molar-refractivity contribution >= 4 is 5.69 Å². The van der Waals surface area contributed by atoms with Gasteiger partial charge in [-0.2, -0.15) is 0 Å². The van der Waals surface area contributed by atoms with Gasteiger partial charge in [0.15, 0.2) is 0 Å². The van der Waals surface area contributed by atoms with Gasteiger partial charge in [0.1, 0.15) is 5.75 Å². The third-order valence-electron chi connectivity index (χ3n) is 4.76. The largest absolute Gasteiger partial charge is 0.508 e. The first-order chi connectivity index (χ1) is 10.2. The van der Waals surface area contributed by atoms with Crippen molar-refractivity contribution in [2.75, 3.05) is 31.6 Å². The molecule has 0 radical (unpaired) electrons. The Kier molecular flexibility index (Phi) is 2.89. The van der Waals surface area contributed by atoms with Gasteiger partial charge in [-0.05, 0) is 36.2 Å². The van der Waals surface area contributed by atoms with Gasteiger partial charge in [-0.25, -0.2) is 0 Å². The Bertz CT molecular complexity index is 683. The minimum atomic E-state index is 0.359. The van der Waals surface area contributed by atoms with Crippen LogP contribution in [0.15, 0.2) is 42.5 Å². The minimum absolute atomic E-state index is 0.359. The van der Waals surface area contributed by atoms with E-state index in [9.17, 15) is 5.11 Å². The average Bonchev–Trinajstić information content (AvgIpc) is 2.62. The highest BCUT2D eigenvalue weighted by atomic mass is 16.3. The molecule has 2 aliphatic rings. The van der Waals surface area contributed by atoms with Crippen molar-refractivity contribution < 1.29 is 5.11 Å². The first-order valence-electron chi connectivity index (χ1n) is 7.57. The highest BCUT2D eigenvalue weighted by Gasteiger charge is 2.32. The topological polar surface area (TPSA) is 26.7 Å². The summed E-state index contributed by atoms with van der Waals surface area (Å²) >= 11 is 0. The van der Waals surface area contributed by atoms with E-state index in [2.05, 4.69) is 47.2 Å². The quantitative estimate of drug-likeness (QED) is 0.804. The fourth-order valence-electron chi connectivity index (χ4n) is 3.67. The molecule has 0 aromatic heterocycles. The Labute approximate surface area is 125 Å². The van der Waals surface area contributed by atoms with Gasteiger partial charge in [-0.15, -0.1) is 0 Å². The molecule has 1 N–H and O–H groups in total. The standard InChI is InChI=1S/C18H20N2O/c1-19-8-9-20-17-11-15(21)7-6-14(17)10-13-4-2-3-5-16(13)18(20)12-19/h2-7,11,18,21H,8-10,12H2,1H3/t18-/m0/s1. The van der Waals surface area contributed by atoms with E-state index >= 15 is 0 Å². The van der Waals surface area contributed by atoms with Crippen LogP contribution in [0.2, 0.25) is 0 Å². The molecule has 0 spiro atoms. The number of phenols is 1. The van der Waals surface area contributed by atoms with Gasteiger partial charge >= 0.3 is 0 Å². The number of benzene rings is 2. The highest BCUT2D eigenvalue weighted by molar-refractivity contribution is 5.63. The average molecular weight is 280 g/mol. The summed E-state index contributed by atoms with van der Waals surface area (Å²) in [6, 6.07) is 14.9. The number of aromatic hydroxyl groups is 1. The number of piperazine rings is 1. The number of fused-ring (bicyclic) bond motifs is 5. The molecule has 21 heavy (non-hydrogen) atoms. The fraction of sp³-hybridized carbons (Fsp3) is 0.333. The summed E-state index contributed by atoms with van der Waals surface area (Å²) in [5, 5.41) is 9.90. The van der Waals surface area contributed by atoms with Crippen molar-refractivity contribution in [1.82, 2.24) is 4.90 Å². The molecule has 2 aromatic carbocycles. The molecule has 108 valence electrons. The molecule has 3 nitrogen and oxygen atoms in total. The van der Waals surface area contributed by atoms with E-state index in [0.29, 0.717) is 11.8 Å². The first-order valence-corrected chi connectivity index (χ1v) is 7.57. The molecule has 2 aliphatic heterocycles. The van der Waals surface area contributed by atoms with Crippen LogP contribution in [0.25, 0.3) is 0 Å². The number of hydrogen-bond donors (Lipinski definition) is 1. The molecule has 1 fully saturated rings. The lowest BCUT2D eigenvalue weighted by molar-refractivity contribution is 0.269. The number of rotatable bonds is 0. The van der Waals surface area contributed by atoms with Crippen LogP contribution in [0, 0.1) is 0 Å². The van der Waals surface area contributed by atoms with Crippen molar-refractivity contribution in [3.05, 3.63) is 59.2 Å². The predicted octanol–water partition coefficient (Wildman–Crippen LogP) is 2.79. The van der Waals surface area contributed by atoms with Gasteiger partial charge in [0.05, 0.1) is 6.04 Å². The lowest BCUT2D eigenvalue weighted by Gasteiger charge is -2.41. The predicted molar refractivity (Wildman–Crippen MR) is 84.9 cm³/mol. The second-order valence-electron chi connectivity index (χ2n) is 6.16. The first kappa shape index (κ1) is 12.7. The fourth-order valence-corrected chi connectivity index (χ4v) is 3.67. The zero-order valence-corrected chi connectivity index (χ0v) is 12.3. The summed E-state index contributed by atoms with van der Waals surface area (Å²) < 4.78 is 0. The summed E-state index contributed by atoms with van der Waals surface area (Å²) in [6.07, 6.45) is 0.947. The van der Waals surface area contributed by atoms with E-state index < -0.39 is 0 Å². The van der Waals surface area contributed by atoms with Crippen LogP contribution in [0.4, 0.5) is 5.69 Å². The maximum Gasteiger partial charge on any atom is 0.117 e. The Morgan fingerprint density at radius 3 is 2.81 bits per heavy atom. The second-order valence-corrected chi connectivity index (χ2v) is 6.16. The molecular weight excluding hydrogens is 260 g/mol. The zero-order valence-electron chi connectivity index (χ0n) is 12.3. The van der Waals surface area contributed by atoms with Gasteiger partial charge in [0.2, 0.25) is 0 Å². The molecule has 0 saturated carbocycles. The molecule has 0 bridgehead atoms. The Balaban J connectivity index is 1.91. The number of nitrogens with zero attached hydrogens (tertiary/aromatic N) is 2. The summed E-state index contributed by atoms with van der Waals surface area (Å²) in [5.41, 5.74) is 5.35. The third-order valence-corrected chi connectivity index (χ3v) is 4.76. The normalized spacial score (nSPS) is 21.2. The number of likely N-dealkylation sites (N-methyl/N-ethyl adjacent to an activating group) is 1. The third kappa shape index (κ3) is 2.09. The van der Waals surface area contributed by atoms with E-state index in [-0.39, 0.29) is 0 Å². The zero-order chi connectivity index (χ0) is 14.4. The lowest BCUT2D eigenvalue weighted by Crippen LogP contribution is -2.46. The van der Waals surface area contributed by atoms with Crippen LogP contribution >= 0.6 is 0 Å². The van der Waals surface area contributed by atoms with E-state index in [0.717, 1.165) is 26.1 Å². The smallest absolute Gasteiger partial charge is 0.117 e. The van der Waals surface area contributed by atoms with E-state index in [1.165, 1.54) is 22.4 Å². The highest BCUT2D eigenvalue weighted by Crippen LogP contribution is 2.40. The maximum atomic E-state index is 9.90. The summed E-state index contributed by atoms with van der Waals surface area (Å²) in [6.45, 7) is 3.10. The molecular formula is C18H20N2O. The molecule has 1 atom stereocenters. The van der Waals surface area contributed by atoms with E-state index in [1.807, 2.05) is 6.07 Å². The van der Waals surface area contributed by atoms with Gasteiger partial charge in [-0.3, -0.25) is 0 Å². The Morgan fingerprint density at radius 1 is 1.05 bits per heavy atom. The molecule has 1 saturated heterocycles. The lowest BCUT2D eigenvalue weighted by atomic mass is 9.96. The molecule has 2 heterocycles. The van der Waals surface area contributed by atoms with Crippen molar-refractivity contribution in [3.63, 3.8) is 0 Å². The number of anilines is 1. The minimum Gasteiger partial charge on any atom is -0.508 e. The van der Waals surface area contributed by atoms with Crippen LogP contribution in [-0.4, -0.2) is 36.7 Å². The SMILES string of the molecule is CN1CCN2c3cc(O)ccc3Cc3ccccc3[C@@H]2C1. The molecule has 0 unspecified atom stereocenters. The molecule has 3 heteroatoms. The second kappa shape index (κ2) is 4.78. The maximum absolute atomic E-state index is 9.90. The summed E-state index contributed by atoms with van der Waals surface area (Å²) in [5.74, 6) is 0.359. The van der Waals surface area contributed by atoms with Gasteiger partial charge < -0.3 is 14.9 Å². The summed E-state index contributed by atoms with van der Waals surface area (Å²) in [7, 11) is 2.19. The van der Waals surface area contributed by atoms with E-state index in [1.54, 1.807) is 6.07 Å². The van der Waals surface area contributed by atoms with Gasteiger partial charge in [0.25, 0.3) is 0 Å². The number of phenolic OH excluding ortho intramolecular Hbond substituents is 1. The molecule has 0 amide bonds. The van der Waals surface area contributed by atoms with Crippen LogP contribution in [-0.2, 0) is 6.42 Å². The van der Waals surface area contributed by atoms with Crippen molar-refractivity contribution in [3.8, 4) is 5.75 Å². The molecule has 4 rings (SSSR count). The van der Waals surface area contributed by atoms with Crippen molar-refractivity contribution in [2.45, 2.75) is 12.5 Å². The van der Waals surface area contributed by atoms with E-state index in [4.69, 9.17) is 0 Å². The van der Waals surface area contributed by atoms with Crippen LogP contribution < -0.4 is 4.90 Å². The monoisotopic (exact) mass is 280 g/mol. The van der Waals surface area contributed by atoms with Crippen LogP contribution in [0.3, 0.4) is 0 Å². The molecule has 0 aliphatic carbocycles.